The van der Waals surface area contributed by atoms with Gasteiger partial charge in [0, 0.05) is 37.6 Å². The number of benzene rings is 8. The van der Waals surface area contributed by atoms with Crippen LogP contribution in [0.1, 0.15) is 0 Å². The summed E-state index contributed by atoms with van der Waals surface area (Å²) in [5, 5.41) is 7.66. The van der Waals surface area contributed by atoms with Gasteiger partial charge < -0.3 is 9.47 Å². The molecule has 3 heteroatoms. The molecule has 0 aliphatic carbocycles. The minimum absolute atomic E-state index is 1.12. The molecule has 0 N–H and O–H groups in total. The highest BCUT2D eigenvalue weighted by Crippen LogP contribution is 2.49. The second-order valence-corrected chi connectivity index (χ2v) is 13.6. The van der Waals surface area contributed by atoms with Crippen molar-refractivity contribution in [1.29, 1.82) is 0 Å². The molecule has 0 radical (unpaired) electrons. The predicted molar refractivity (Wildman–Crippen MR) is 211 cm³/mol. The number of anilines is 3. The molecule has 8 aromatic carbocycles. The third kappa shape index (κ3) is 4.40. The molecule has 0 spiro atoms. The fourth-order valence-electron chi connectivity index (χ4n) is 7.61. The maximum atomic E-state index is 2.48. The Morgan fingerprint density at radius 2 is 1.04 bits per heavy atom. The van der Waals surface area contributed by atoms with Crippen LogP contribution in [0, 0.1) is 0 Å². The third-order valence-corrected chi connectivity index (χ3v) is 11.0. The molecule has 0 saturated carbocycles. The molecular weight excluding hydrogens is 613 g/mol. The first-order valence-electron chi connectivity index (χ1n) is 16.7. The fraction of sp³-hybridized carbons (Fsp3) is 0. The summed E-state index contributed by atoms with van der Waals surface area (Å²) in [7, 11) is 0. The number of fused-ring (bicyclic) bond motifs is 8. The fourth-order valence-corrected chi connectivity index (χ4v) is 8.83. The smallest absolute Gasteiger partial charge is 0.0640 e. The van der Waals surface area contributed by atoms with Gasteiger partial charge in [0.1, 0.15) is 0 Å². The summed E-state index contributed by atoms with van der Waals surface area (Å²) in [6.45, 7) is 0. The summed E-state index contributed by atoms with van der Waals surface area (Å²) < 4.78 is 4.99. The lowest BCUT2D eigenvalue weighted by Crippen LogP contribution is -2.10. The van der Waals surface area contributed by atoms with E-state index in [1.54, 1.807) is 0 Å². The maximum absolute atomic E-state index is 2.48. The van der Waals surface area contributed by atoms with Crippen LogP contribution in [0.4, 0.5) is 17.1 Å². The van der Waals surface area contributed by atoms with E-state index in [1.807, 2.05) is 11.3 Å². The van der Waals surface area contributed by atoms with Gasteiger partial charge in [-0.05, 0) is 76.5 Å². The largest absolute Gasteiger partial charge is 0.309 e. The van der Waals surface area contributed by atoms with Crippen LogP contribution in [0.2, 0.25) is 0 Å². The SMILES string of the molecule is c1ccc(-c2ccc(N(c3cccc4c3sc3ccc5ccccc5c34)c3cccc4c3c3ccccc3n4-c3ccccc3)cc2)cc1. The first-order chi connectivity index (χ1) is 24.3. The van der Waals surface area contributed by atoms with E-state index in [0.717, 1.165) is 17.1 Å². The lowest BCUT2D eigenvalue weighted by molar-refractivity contribution is 1.18. The number of thiophene rings is 1. The molecule has 230 valence electrons. The zero-order valence-electron chi connectivity index (χ0n) is 26.6. The van der Waals surface area contributed by atoms with E-state index in [0.29, 0.717) is 0 Å². The van der Waals surface area contributed by atoms with E-state index < -0.39 is 0 Å². The Balaban J connectivity index is 1.29. The van der Waals surface area contributed by atoms with Crippen molar-refractivity contribution in [1.82, 2.24) is 4.57 Å². The first-order valence-corrected chi connectivity index (χ1v) is 17.5. The molecule has 0 atom stereocenters. The molecule has 2 aromatic heterocycles. The topological polar surface area (TPSA) is 8.17 Å². The second kappa shape index (κ2) is 11.2. The highest BCUT2D eigenvalue weighted by Gasteiger charge is 2.23. The van der Waals surface area contributed by atoms with Crippen LogP contribution in [-0.2, 0) is 0 Å². The van der Waals surface area contributed by atoms with E-state index in [1.165, 1.54) is 69.6 Å². The Hall–Kier alpha value is -6.16. The van der Waals surface area contributed by atoms with Crippen molar-refractivity contribution in [2.45, 2.75) is 0 Å². The predicted octanol–water partition coefficient (Wildman–Crippen LogP) is 13.4. The summed E-state index contributed by atoms with van der Waals surface area (Å²) in [6.07, 6.45) is 0. The molecule has 10 aromatic rings. The highest BCUT2D eigenvalue weighted by atomic mass is 32.1. The van der Waals surface area contributed by atoms with Gasteiger partial charge in [-0.3, -0.25) is 0 Å². The van der Waals surface area contributed by atoms with Gasteiger partial charge in [-0.1, -0.05) is 127 Å². The van der Waals surface area contributed by atoms with Crippen LogP contribution >= 0.6 is 11.3 Å². The zero-order valence-corrected chi connectivity index (χ0v) is 27.4. The van der Waals surface area contributed by atoms with Crippen LogP contribution in [0.25, 0.3) is 69.6 Å². The van der Waals surface area contributed by atoms with Crippen molar-refractivity contribution in [2.24, 2.45) is 0 Å². The number of nitrogens with zero attached hydrogens (tertiary/aromatic N) is 2. The van der Waals surface area contributed by atoms with Crippen LogP contribution in [-0.4, -0.2) is 4.57 Å². The molecular formula is C46H30N2S. The van der Waals surface area contributed by atoms with Gasteiger partial charge in [-0.25, -0.2) is 0 Å². The summed E-state index contributed by atoms with van der Waals surface area (Å²) in [6, 6.07) is 66.1. The standard InChI is InChI=1S/C46H30N2S/c1-3-13-31(14-4-1)32-25-28-35(29-26-32)48(42-24-11-20-38-44-36-18-8-7-15-33(36)27-30-43(44)49-46(38)42)41-23-12-22-40-45(41)37-19-9-10-21-39(37)47(40)34-16-5-2-6-17-34/h1-30H. The van der Waals surface area contributed by atoms with Crippen molar-refractivity contribution < 1.29 is 0 Å². The molecule has 0 unspecified atom stereocenters. The Labute approximate surface area is 288 Å². The zero-order chi connectivity index (χ0) is 32.3. The van der Waals surface area contributed by atoms with Crippen LogP contribution in [0.15, 0.2) is 182 Å². The minimum atomic E-state index is 1.12. The lowest BCUT2D eigenvalue weighted by atomic mass is 10.0. The summed E-state index contributed by atoms with van der Waals surface area (Å²) in [4.78, 5) is 2.48. The summed E-state index contributed by atoms with van der Waals surface area (Å²) in [5.74, 6) is 0. The van der Waals surface area contributed by atoms with Gasteiger partial charge in [-0.2, -0.15) is 0 Å². The Kier molecular flexibility index (Phi) is 6.39. The van der Waals surface area contributed by atoms with E-state index in [9.17, 15) is 0 Å². The van der Waals surface area contributed by atoms with Crippen LogP contribution in [0.5, 0.6) is 0 Å². The number of rotatable bonds is 5. The van der Waals surface area contributed by atoms with Crippen LogP contribution in [0.3, 0.4) is 0 Å². The quantitative estimate of drug-likeness (QED) is 0.181. The summed E-state index contributed by atoms with van der Waals surface area (Å²) >= 11 is 1.89. The van der Waals surface area contributed by atoms with Crippen molar-refractivity contribution in [3.05, 3.63) is 182 Å². The molecule has 0 aliphatic heterocycles. The molecule has 0 fully saturated rings. The average molecular weight is 643 g/mol. The molecule has 0 saturated heterocycles. The van der Waals surface area contributed by atoms with Crippen molar-refractivity contribution in [3.8, 4) is 16.8 Å². The highest BCUT2D eigenvalue weighted by molar-refractivity contribution is 7.26. The number of hydrogen-bond donors (Lipinski definition) is 0. The first kappa shape index (κ1) is 27.9. The third-order valence-electron chi connectivity index (χ3n) is 9.77. The average Bonchev–Trinajstić information content (AvgIpc) is 3.73. The van der Waals surface area contributed by atoms with E-state index in [-0.39, 0.29) is 0 Å². The van der Waals surface area contributed by atoms with Gasteiger partial charge in [0.15, 0.2) is 0 Å². The Morgan fingerprint density at radius 3 is 1.88 bits per heavy atom. The molecule has 2 heterocycles. The number of hydrogen-bond acceptors (Lipinski definition) is 2. The molecule has 2 nitrogen and oxygen atoms in total. The van der Waals surface area contributed by atoms with E-state index in [2.05, 4.69) is 191 Å². The van der Waals surface area contributed by atoms with Crippen molar-refractivity contribution in [3.63, 3.8) is 0 Å². The van der Waals surface area contributed by atoms with Gasteiger partial charge in [0.05, 0.1) is 27.1 Å². The second-order valence-electron chi connectivity index (χ2n) is 12.5. The maximum Gasteiger partial charge on any atom is 0.0640 e. The van der Waals surface area contributed by atoms with Crippen LogP contribution < -0.4 is 4.90 Å². The van der Waals surface area contributed by atoms with E-state index >= 15 is 0 Å². The lowest BCUT2D eigenvalue weighted by Gasteiger charge is -2.27. The molecule has 0 amide bonds. The summed E-state index contributed by atoms with van der Waals surface area (Å²) in [5.41, 5.74) is 9.42. The molecule has 10 rings (SSSR count). The normalized spacial score (nSPS) is 11.7. The van der Waals surface area contributed by atoms with Crippen molar-refractivity contribution in [2.75, 3.05) is 4.90 Å². The monoisotopic (exact) mass is 642 g/mol. The van der Waals surface area contributed by atoms with E-state index in [4.69, 9.17) is 0 Å². The Morgan fingerprint density at radius 1 is 0.408 bits per heavy atom. The van der Waals surface area contributed by atoms with Crippen molar-refractivity contribution >= 4 is 81.1 Å². The minimum Gasteiger partial charge on any atom is -0.309 e. The molecule has 49 heavy (non-hydrogen) atoms. The van der Waals surface area contributed by atoms with Gasteiger partial charge in [-0.15, -0.1) is 11.3 Å². The Bertz CT molecular complexity index is 2810. The number of aromatic nitrogens is 1. The van der Waals surface area contributed by atoms with Gasteiger partial charge in [0.2, 0.25) is 0 Å². The van der Waals surface area contributed by atoms with Gasteiger partial charge in [0.25, 0.3) is 0 Å². The molecule has 0 aliphatic rings. The number of para-hydroxylation sites is 2. The molecule has 0 bridgehead atoms. The van der Waals surface area contributed by atoms with Gasteiger partial charge >= 0.3 is 0 Å².